The molecule has 3 aliphatic rings. The molecule has 1 heteroatoms. The smallest absolute Gasteiger partial charge is 0.0716 e. The van der Waals surface area contributed by atoms with E-state index in [0.717, 1.165) is 24.4 Å². The van der Waals surface area contributed by atoms with Crippen molar-refractivity contribution in [3.05, 3.63) is 0 Å². The molecule has 3 fully saturated rings. The number of rotatable bonds is 0. The van der Waals surface area contributed by atoms with E-state index in [1.807, 2.05) is 0 Å². The molecule has 0 aromatic rings. The summed E-state index contributed by atoms with van der Waals surface area (Å²) in [4.78, 5) is 0. The lowest BCUT2D eigenvalue weighted by Crippen LogP contribution is -2.64. The predicted octanol–water partition coefficient (Wildman–Crippen LogP) is 2.99. The topological polar surface area (TPSA) is 9.23 Å². The Bertz CT molecular complexity index is 199. The zero-order valence-corrected chi connectivity index (χ0v) is 8.59. The highest BCUT2D eigenvalue weighted by molar-refractivity contribution is 5.09. The Morgan fingerprint density at radius 1 is 1.00 bits per heavy atom. The van der Waals surface area contributed by atoms with Crippen molar-refractivity contribution in [3.8, 4) is 0 Å². The fourth-order valence-electron chi connectivity index (χ4n) is 4.24. The van der Waals surface area contributed by atoms with Crippen molar-refractivity contribution in [1.82, 2.24) is 0 Å². The Morgan fingerprint density at radius 2 is 1.69 bits per heavy atom. The largest absolute Gasteiger partial charge is 0.375 e. The van der Waals surface area contributed by atoms with Gasteiger partial charge in [0.2, 0.25) is 0 Å². The van der Waals surface area contributed by atoms with Gasteiger partial charge in [-0.3, -0.25) is 0 Å². The van der Waals surface area contributed by atoms with Crippen LogP contribution in [0.3, 0.4) is 0 Å². The van der Waals surface area contributed by atoms with Gasteiger partial charge in [0.1, 0.15) is 0 Å². The molecule has 74 valence electrons. The highest BCUT2D eigenvalue weighted by atomic mass is 16.5. The van der Waals surface area contributed by atoms with Gasteiger partial charge in [-0.25, -0.2) is 0 Å². The van der Waals surface area contributed by atoms with Gasteiger partial charge in [0.15, 0.2) is 0 Å². The quantitative estimate of drug-likeness (QED) is 0.557. The van der Waals surface area contributed by atoms with Gasteiger partial charge in [-0.2, -0.15) is 0 Å². The van der Waals surface area contributed by atoms with Crippen LogP contribution in [-0.4, -0.2) is 12.2 Å². The van der Waals surface area contributed by atoms with Crippen LogP contribution in [0.25, 0.3) is 0 Å². The molecule has 3 rings (SSSR count). The lowest BCUT2D eigenvalue weighted by molar-refractivity contribution is -0.254. The Morgan fingerprint density at radius 3 is 2.54 bits per heavy atom. The first-order valence-electron chi connectivity index (χ1n) is 5.96. The van der Waals surface area contributed by atoms with Gasteiger partial charge in [-0.15, -0.1) is 0 Å². The summed E-state index contributed by atoms with van der Waals surface area (Å²) < 4.78 is 6.03. The van der Waals surface area contributed by atoms with Crippen LogP contribution < -0.4 is 0 Å². The number of ether oxygens (including phenoxy) is 1. The number of hydrogen-bond acceptors (Lipinski definition) is 1. The van der Waals surface area contributed by atoms with Crippen LogP contribution in [0.1, 0.15) is 45.4 Å². The van der Waals surface area contributed by atoms with Crippen LogP contribution in [0, 0.1) is 17.8 Å². The minimum Gasteiger partial charge on any atom is -0.375 e. The van der Waals surface area contributed by atoms with E-state index >= 15 is 0 Å². The molecule has 1 saturated heterocycles. The first-order chi connectivity index (χ1) is 6.32. The molecule has 2 aliphatic carbocycles. The molecule has 0 aromatic heterocycles. The fraction of sp³-hybridized carbons (Fsp3) is 1.00. The summed E-state index contributed by atoms with van der Waals surface area (Å²) in [6.45, 7) is 3.40. The van der Waals surface area contributed by atoms with Gasteiger partial charge in [0.25, 0.3) is 0 Å². The molecule has 0 spiro atoms. The van der Waals surface area contributed by atoms with E-state index in [1.165, 1.54) is 38.5 Å². The van der Waals surface area contributed by atoms with Crippen LogP contribution in [0.4, 0.5) is 0 Å². The second-order valence-corrected chi connectivity index (χ2v) is 5.34. The maximum Gasteiger partial charge on any atom is 0.0716 e. The molecular weight excluding hydrogens is 160 g/mol. The summed E-state index contributed by atoms with van der Waals surface area (Å²) in [5, 5.41) is 0. The van der Waals surface area contributed by atoms with Gasteiger partial charge in [0, 0.05) is 6.61 Å². The molecule has 0 amide bonds. The summed E-state index contributed by atoms with van der Waals surface area (Å²) in [7, 11) is 0. The van der Waals surface area contributed by atoms with E-state index in [4.69, 9.17) is 4.74 Å². The maximum atomic E-state index is 6.03. The minimum atomic E-state index is 0.309. The van der Waals surface area contributed by atoms with E-state index in [0.29, 0.717) is 5.60 Å². The third-order valence-corrected chi connectivity index (χ3v) is 4.88. The summed E-state index contributed by atoms with van der Waals surface area (Å²) in [5.41, 5.74) is 0.309. The third-order valence-electron chi connectivity index (χ3n) is 4.88. The van der Waals surface area contributed by atoms with E-state index in [1.54, 1.807) is 0 Å². The van der Waals surface area contributed by atoms with E-state index in [2.05, 4.69) is 6.92 Å². The molecule has 0 radical (unpaired) electrons. The van der Waals surface area contributed by atoms with Crippen molar-refractivity contribution < 1.29 is 4.74 Å². The highest BCUT2D eigenvalue weighted by Gasteiger charge is 2.60. The Kier molecular flexibility index (Phi) is 1.74. The van der Waals surface area contributed by atoms with E-state index < -0.39 is 0 Å². The third kappa shape index (κ3) is 0.971. The molecule has 0 aromatic carbocycles. The molecule has 1 aliphatic heterocycles. The molecule has 0 N–H and O–H groups in total. The maximum absolute atomic E-state index is 6.03. The standard InChI is InChI=1S/C12H20O/c1-12-10-6-3-2-5-9(10)11(12)7-4-8-13-12/h9-11H,2-8H2,1H3/t9-,10-,11-,12-/m0/s1. The highest BCUT2D eigenvalue weighted by Crippen LogP contribution is 2.60. The summed E-state index contributed by atoms with van der Waals surface area (Å²) in [6.07, 6.45) is 8.62. The summed E-state index contributed by atoms with van der Waals surface area (Å²) >= 11 is 0. The minimum absolute atomic E-state index is 0.309. The fourth-order valence-corrected chi connectivity index (χ4v) is 4.24. The van der Waals surface area contributed by atoms with Gasteiger partial charge in [-0.1, -0.05) is 12.8 Å². The second-order valence-electron chi connectivity index (χ2n) is 5.34. The zero-order chi connectivity index (χ0) is 8.89. The number of fused-ring (bicyclic) bond motifs is 4. The normalized spacial score (nSPS) is 54.7. The lowest BCUT2D eigenvalue weighted by Gasteiger charge is -2.63. The average Bonchev–Trinajstić information content (AvgIpc) is 2.17. The van der Waals surface area contributed by atoms with Crippen molar-refractivity contribution in [2.75, 3.05) is 6.61 Å². The molecule has 4 atom stereocenters. The Balaban J connectivity index is 1.82. The van der Waals surface area contributed by atoms with Gasteiger partial charge in [-0.05, 0) is 50.4 Å². The van der Waals surface area contributed by atoms with Gasteiger partial charge >= 0.3 is 0 Å². The molecule has 2 saturated carbocycles. The van der Waals surface area contributed by atoms with Crippen molar-refractivity contribution in [1.29, 1.82) is 0 Å². The van der Waals surface area contributed by atoms with Crippen LogP contribution >= 0.6 is 0 Å². The molecule has 0 bridgehead atoms. The number of hydrogen-bond donors (Lipinski definition) is 0. The average molecular weight is 180 g/mol. The zero-order valence-electron chi connectivity index (χ0n) is 8.59. The Hall–Kier alpha value is -0.0400. The molecule has 13 heavy (non-hydrogen) atoms. The monoisotopic (exact) mass is 180 g/mol. The first-order valence-corrected chi connectivity index (χ1v) is 5.96. The molecular formula is C12H20O. The second kappa shape index (κ2) is 2.73. The van der Waals surface area contributed by atoms with Crippen molar-refractivity contribution >= 4 is 0 Å². The Labute approximate surface area is 80.8 Å². The van der Waals surface area contributed by atoms with Crippen LogP contribution in [0.5, 0.6) is 0 Å². The van der Waals surface area contributed by atoms with Crippen LogP contribution in [-0.2, 0) is 4.74 Å². The van der Waals surface area contributed by atoms with Crippen molar-refractivity contribution in [2.24, 2.45) is 17.8 Å². The SMILES string of the molecule is C[C@@]12OCCC[C@H]1[C@H]1CCCC[C@@H]12. The lowest BCUT2D eigenvalue weighted by atomic mass is 9.48. The molecule has 1 heterocycles. The van der Waals surface area contributed by atoms with Gasteiger partial charge < -0.3 is 4.74 Å². The summed E-state index contributed by atoms with van der Waals surface area (Å²) in [5.74, 6) is 2.89. The molecule has 1 nitrogen and oxygen atoms in total. The van der Waals surface area contributed by atoms with Crippen LogP contribution in [0.15, 0.2) is 0 Å². The van der Waals surface area contributed by atoms with Gasteiger partial charge in [0.05, 0.1) is 5.60 Å². The summed E-state index contributed by atoms with van der Waals surface area (Å²) in [6, 6.07) is 0. The van der Waals surface area contributed by atoms with E-state index in [-0.39, 0.29) is 0 Å². The van der Waals surface area contributed by atoms with Crippen LogP contribution in [0.2, 0.25) is 0 Å². The molecule has 0 unspecified atom stereocenters. The van der Waals surface area contributed by atoms with Crippen molar-refractivity contribution in [3.63, 3.8) is 0 Å². The van der Waals surface area contributed by atoms with E-state index in [9.17, 15) is 0 Å². The van der Waals surface area contributed by atoms with Crippen molar-refractivity contribution in [2.45, 2.75) is 51.0 Å². The predicted molar refractivity (Wildman–Crippen MR) is 52.5 cm³/mol. The first kappa shape index (κ1) is 8.28.